The molecule has 0 aliphatic heterocycles. The molecule has 0 bridgehead atoms. The lowest BCUT2D eigenvalue weighted by atomic mass is 10.1. The van der Waals surface area contributed by atoms with Crippen LogP contribution in [0.3, 0.4) is 0 Å². The van der Waals surface area contributed by atoms with Crippen LogP contribution in [0.15, 0.2) is 24.3 Å². The lowest BCUT2D eigenvalue weighted by Crippen LogP contribution is -1.99. The summed E-state index contributed by atoms with van der Waals surface area (Å²) in [5, 5.41) is 1.11. The lowest BCUT2D eigenvalue weighted by molar-refractivity contribution is 0.676. The topological polar surface area (TPSA) is 0 Å². The van der Waals surface area contributed by atoms with Gasteiger partial charge in [-0.3, -0.25) is 0 Å². The average Bonchev–Trinajstić information content (AvgIpc) is 2.15. The molecule has 0 aliphatic carbocycles. The molecule has 0 heterocycles. The van der Waals surface area contributed by atoms with Gasteiger partial charge in [0.15, 0.2) is 0 Å². The Labute approximate surface area is 96.2 Å². The zero-order valence-corrected chi connectivity index (χ0v) is 9.98. The molecule has 14 heavy (non-hydrogen) atoms. The normalized spacial score (nSPS) is 12.8. The molecule has 0 aliphatic rings. The molecule has 0 saturated carbocycles. The summed E-state index contributed by atoms with van der Waals surface area (Å²) in [4.78, 5) is 0. The SMILES string of the molecule is CCCC(Cl)CCc1cccc(Cl)c1. The second kappa shape index (κ2) is 6.31. The first-order valence-corrected chi connectivity index (χ1v) is 5.92. The van der Waals surface area contributed by atoms with Crippen molar-refractivity contribution in [3.8, 4) is 0 Å². The molecule has 0 nitrogen and oxygen atoms in total. The van der Waals surface area contributed by atoms with Crippen LogP contribution in [0.2, 0.25) is 5.02 Å². The van der Waals surface area contributed by atoms with E-state index in [0.29, 0.717) is 5.38 Å². The molecule has 0 fully saturated rings. The number of hydrogen-bond acceptors (Lipinski definition) is 0. The average molecular weight is 231 g/mol. The fourth-order valence-electron chi connectivity index (χ4n) is 1.47. The Morgan fingerprint density at radius 2 is 2.07 bits per heavy atom. The van der Waals surface area contributed by atoms with Crippen molar-refractivity contribution < 1.29 is 0 Å². The van der Waals surface area contributed by atoms with Crippen LogP contribution in [0.1, 0.15) is 31.7 Å². The van der Waals surface area contributed by atoms with E-state index < -0.39 is 0 Å². The van der Waals surface area contributed by atoms with Crippen molar-refractivity contribution in [2.75, 3.05) is 0 Å². The van der Waals surface area contributed by atoms with E-state index in [4.69, 9.17) is 23.2 Å². The zero-order chi connectivity index (χ0) is 10.4. The van der Waals surface area contributed by atoms with Gasteiger partial charge < -0.3 is 0 Å². The van der Waals surface area contributed by atoms with Crippen molar-refractivity contribution in [3.63, 3.8) is 0 Å². The maximum absolute atomic E-state index is 6.14. The minimum atomic E-state index is 0.305. The predicted molar refractivity (Wildman–Crippen MR) is 64.3 cm³/mol. The maximum atomic E-state index is 6.14. The van der Waals surface area contributed by atoms with Crippen molar-refractivity contribution in [3.05, 3.63) is 34.9 Å². The van der Waals surface area contributed by atoms with Gasteiger partial charge >= 0.3 is 0 Å². The van der Waals surface area contributed by atoms with Gasteiger partial charge in [-0.2, -0.15) is 0 Å². The molecule has 1 aromatic rings. The first-order valence-electron chi connectivity index (χ1n) is 5.11. The summed E-state index contributed by atoms with van der Waals surface area (Å²) in [6, 6.07) is 7.99. The van der Waals surface area contributed by atoms with E-state index >= 15 is 0 Å². The van der Waals surface area contributed by atoms with Crippen LogP contribution < -0.4 is 0 Å². The monoisotopic (exact) mass is 230 g/mol. The smallest absolute Gasteiger partial charge is 0.0408 e. The molecule has 0 saturated heterocycles. The first kappa shape index (κ1) is 11.9. The summed E-state index contributed by atoms with van der Waals surface area (Å²) < 4.78 is 0. The summed E-state index contributed by atoms with van der Waals surface area (Å²) in [7, 11) is 0. The fourth-order valence-corrected chi connectivity index (χ4v) is 2.01. The standard InChI is InChI=1S/C12H16Cl2/c1-2-4-11(13)8-7-10-5-3-6-12(14)9-10/h3,5-6,9,11H,2,4,7-8H2,1H3. The van der Waals surface area contributed by atoms with Gasteiger partial charge in [0.25, 0.3) is 0 Å². The van der Waals surface area contributed by atoms with E-state index in [1.807, 2.05) is 18.2 Å². The van der Waals surface area contributed by atoms with Crippen LogP contribution in [0.5, 0.6) is 0 Å². The van der Waals surface area contributed by atoms with Crippen LogP contribution in [0, 0.1) is 0 Å². The molecule has 0 amide bonds. The van der Waals surface area contributed by atoms with Crippen LogP contribution in [0.4, 0.5) is 0 Å². The number of aryl methyl sites for hydroxylation is 1. The molecule has 1 atom stereocenters. The molecule has 1 unspecified atom stereocenters. The molecular weight excluding hydrogens is 215 g/mol. The van der Waals surface area contributed by atoms with Gasteiger partial charge in [0.1, 0.15) is 0 Å². The number of benzene rings is 1. The molecule has 0 aromatic heterocycles. The quantitative estimate of drug-likeness (QED) is 0.645. The minimum absolute atomic E-state index is 0.305. The maximum Gasteiger partial charge on any atom is 0.0408 e. The van der Waals surface area contributed by atoms with Crippen molar-refractivity contribution in [1.29, 1.82) is 0 Å². The highest BCUT2D eigenvalue weighted by Gasteiger charge is 2.03. The molecule has 0 spiro atoms. The van der Waals surface area contributed by atoms with Gasteiger partial charge in [0, 0.05) is 10.4 Å². The van der Waals surface area contributed by atoms with Crippen molar-refractivity contribution in [1.82, 2.24) is 0 Å². The van der Waals surface area contributed by atoms with Crippen molar-refractivity contribution in [2.24, 2.45) is 0 Å². The number of alkyl halides is 1. The third-order valence-corrected chi connectivity index (χ3v) is 2.91. The van der Waals surface area contributed by atoms with Crippen molar-refractivity contribution >= 4 is 23.2 Å². The van der Waals surface area contributed by atoms with Crippen LogP contribution in [0.25, 0.3) is 0 Å². The van der Waals surface area contributed by atoms with Gasteiger partial charge in [-0.15, -0.1) is 11.6 Å². The van der Waals surface area contributed by atoms with E-state index in [0.717, 1.165) is 30.7 Å². The highest BCUT2D eigenvalue weighted by atomic mass is 35.5. The summed E-state index contributed by atoms with van der Waals surface area (Å²) in [6.07, 6.45) is 4.32. The van der Waals surface area contributed by atoms with Crippen LogP contribution >= 0.6 is 23.2 Å². The zero-order valence-electron chi connectivity index (χ0n) is 8.47. The summed E-state index contributed by atoms with van der Waals surface area (Å²) >= 11 is 12.0. The van der Waals surface area contributed by atoms with Crippen LogP contribution in [-0.2, 0) is 6.42 Å². The third-order valence-electron chi connectivity index (χ3n) is 2.24. The van der Waals surface area contributed by atoms with E-state index in [1.54, 1.807) is 0 Å². The van der Waals surface area contributed by atoms with Gasteiger partial charge in [0.05, 0.1) is 0 Å². The highest BCUT2D eigenvalue weighted by Crippen LogP contribution is 2.16. The van der Waals surface area contributed by atoms with E-state index in [2.05, 4.69) is 13.0 Å². The predicted octanol–water partition coefficient (Wildman–Crippen LogP) is 4.68. The van der Waals surface area contributed by atoms with Crippen LogP contribution in [-0.4, -0.2) is 5.38 Å². The number of hydrogen-bond donors (Lipinski definition) is 0. The minimum Gasteiger partial charge on any atom is -0.123 e. The number of halogens is 2. The van der Waals surface area contributed by atoms with E-state index in [1.165, 1.54) is 5.56 Å². The molecule has 2 heteroatoms. The Morgan fingerprint density at radius 1 is 1.29 bits per heavy atom. The summed E-state index contributed by atoms with van der Waals surface area (Å²) in [5.41, 5.74) is 1.28. The third kappa shape index (κ3) is 4.34. The van der Waals surface area contributed by atoms with Gasteiger partial charge in [-0.1, -0.05) is 37.1 Å². The molecular formula is C12H16Cl2. The van der Waals surface area contributed by atoms with Crippen molar-refractivity contribution in [2.45, 2.75) is 38.0 Å². The molecule has 0 N–H and O–H groups in total. The largest absolute Gasteiger partial charge is 0.123 e. The molecule has 1 rings (SSSR count). The highest BCUT2D eigenvalue weighted by molar-refractivity contribution is 6.30. The molecule has 0 radical (unpaired) electrons. The van der Waals surface area contributed by atoms with Gasteiger partial charge in [-0.05, 0) is 37.0 Å². The first-order chi connectivity index (χ1) is 6.72. The molecule has 78 valence electrons. The van der Waals surface area contributed by atoms with Gasteiger partial charge in [-0.25, -0.2) is 0 Å². The summed E-state index contributed by atoms with van der Waals surface area (Å²) in [6.45, 7) is 2.16. The Bertz CT molecular complexity index is 271. The van der Waals surface area contributed by atoms with Gasteiger partial charge in [0.2, 0.25) is 0 Å². The Kier molecular flexibility index (Phi) is 5.36. The Balaban J connectivity index is 2.37. The fraction of sp³-hybridized carbons (Fsp3) is 0.500. The second-order valence-electron chi connectivity index (χ2n) is 3.55. The van der Waals surface area contributed by atoms with E-state index in [9.17, 15) is 0 Å². The Hall–Kier alpha value is -0.200. The number of rotatable bonds is 5. The lowest BCUT2D eigenvalue weighted by Gasteiger charge is -2.07. The molecule has 1 aromatic carbocycles. The summed E-state index contributed by atoms with van der Waals surface area (Å²) in [5.74, 6) is 0. The van der Waals surface area contributed by atoms with E-state index in [-0.39, 0.29) is 0 Å². The Morgan fingerprint density at radius 3 is 2.71 bits per heavy atom. The second-order valence-corrected chi connectivity index (χ2v) is 4.61.